The molecule has 0 saturated carbocycles. The molecule has 2 bridgehead atoms. The quantitative estimate of drug-likeness (QED) is 0.532. The van der Waals surface area contributed by atoms with Crippen LogP contribution in [0.2, 0.25) is 0 Å². The largest absolute Gasteiger partial charge is 0.639 e. The lowest BCUT2D eigenvalue weighted by Gasteiger charge is -2.26. The van der Waals surface area contributed by atoms with E-state index in [0.717, 1.165) is 58.7 Å². The van der Waals surface area contributed by atoms with Crippen LogP contribution < -0.4 is 0 Å². The Hall–Kier alpha value is -0.0951. The van der Waals surface area contributed by atoms with E-state index in [2.05, 4.69) is 4.90 Å². The van der Waals surface area contributed by atoms with E-state index in [1.807, 2.05) is 0 Å². The summed E-state index contributed by atoms with van der Waals surface area (Å²) in [5.74, 6) is 0. The molecule has 3 heterocycles. The molecule has 4 nitrogen and oxygen atoms in total. The maximum absolute atomic E-state index is 5.47. The molecule has 5 heteroatoms. The van der Waals surface area contributed by atoms with Crippen LogP contribution in [-0.4, -0.2) is 51.7 Å². The van der Waals surface area contributed by atoms with Crippen LogP contribution in [0.25, 0.3) is 0 Å². The second-order valence-corrected chi connectivity index (χ2v) is 3.80. The molecule has 0 amide bonds. The van der Waals surface area contributed by atoms with Gasteiger partial charge in [0.15, 0.2) is 0 Å². The van der Waals surface area contributed by atoms with E-state index in [-0.39, 0.29) is 0 Å². The molecule has 3 fully saturated rings. The van der Waals surface area contributed by atoms with Crippen LogP contribution in [0.3, 0.4) is 0 Å². The summed E-state index contributed by atoms with van der Waals surface area (Å²) in [5, 5.41) is 0. The highest BCUT2D eigenvalue weighted by atomic mass is 16.7. The third-order valence-corrected chi connectivity index (χ3v) is 2.62. The van der Waals surface area contributed by atoms with Gasteiger partial charge in [0, 0.05) is 39.5 Å². The van der Waals surface area contributed by atoms with Crippen molar-refractivity contribution >= 4 is 7.32 Å². The minimum absolute atomic E-state index is 0.417. The van der Waals surface area contributed by atoms with Crippen LogP contribution in [0.1, 0.15) is 19.3 Å². The fourth-order valence-electron chi connectivity index (χ4n) is 1.88. The third-order valence-electron chi connectivity index (χ3n) is 2.62. The van der Waals surface area contributed by atoms with Gasteiger partial charge in [-0.2, -0.15) is 0 Å². The lowest BCUT2D eigenvalue weighted by atomic mass is 10.2. The number of fused-ring (bicyclic) bond motifs is 9. The topological polar surface area (TPSA) is 30.9 Å². The first kappa shape index (κ1) is 10.4. The molecule has 3 aliphatic rings. The zero-order valence-electron chi connectivity index (χ0n) is 8.61. The first-order valence-electron chi connectivity index (χ1n) is 5.52. The predicted molar refractivity (Wildman–Crippen MR) is 53.9 cm³/mol. The number of nitrogens with zero attached hydrogens (tertiary/aromatic N) is 1. The molecule has 0 aliphatic carbocycles. The summed E-state index contributed by atoms with van der Waals surface area (Å²) in [6.45, 7) is 5.65. The number of hydrogen-bond donors (Lipinski definition) is 0. The van der Waals surface area contributed by atoms with Crippen LogP contribution >= 0.6 is 0 Å². The Morgan fingerprint density at radius 2 is 1.14 bits per heavy atom. The number of rotatable bonds is 0. The van der Waals surface area contributed by atoms with Crippen molar-refractivity contribution in [1.82, 2.24) is 4.90 Å². The zero-order valence-corrected chi connectivity index (χ0v) is 8.61. The summed E-state index contributed by atoms with van der Waals surface area (Å²) in [6.07, 6.45) is 3.22. The molecule has 0 aromatic rings. The van der Waals surface area contributed by atoms with E-state index < -0.39 is 7.32 Å². The monoisotopic (exact) mass is 199 g/mol. The Labute approximate surface area is 85.7 Å². The van der Waals surface area contributed by atoms with Gasteiger partial charge in [-0.1, -0.05) is 0 Å². The minimum Gasteiger partial charge on any atom is -0.386 e. The van der Waals surface area contributed by atoms with Gasteiger partial charge in [-0.15, -0.1) is 0 Å². The molecule has 80 valence electrons. The molecule has 0 radical (unpaired) electrons. The highest BCUT2D eigenvalue weighted by Crippen LogP contribution is 2.06. The molecule has 0 atom stereocenters. The maximum atomic E-state index is 5.47. The van der Waals surface area contributed by atoms with Crippen molar-refractivity contribution in [1.29, 1.82) is 0 Å². The van der Waals surface area contributed by atoms with E-state index in [9.17, 15) is 0 Å². The Morgan fingerprint density at radius 3 is 1.57 bits per heavy atom. The van der Waals surface area contributed by atoms with Crippen molar-refractivity contribution in [2.75, 3.05) is 39.5 Å². The Morgan fingerprint density at radius 1 is 0.714 bits per heavy atom. The number of hydrogen-bond acceptors (Lipinski definition) is 4. The van der Waals surface area contributed by atoms with Crippen molar-refractivity contribution < 1.29 is 14.0 Å². The molecular formula is C9H18BNO3. The lowest BCUT2D eigenvalue weighted by molar-refractivity contribution is 0.0606. The smallest absolute Gasteiger partial charge is 0.386 e. The molecule has 0 N–H and O–H groups in total. The van der Waals surface area contributed by atoms with Gasteiger partial charge in [-0.05, 0) is 19.3 Å². The van der Waals surface area contributed by atoms with Crippen LogP contribution in [0.5, 0.6) is 0 Å². The Bertz CT molecular complexity index is 124. The zero-order chi connectivity index (χ0) is 9.64. The molecule has 14 heavy (non-hydrogen) atoms. The van der Waals surface area contributed by atoms with Gasteiger partial charge in [0.2, 0.25) is 0 Å². The van der Waals surface area contributed by atoms with Gasteiger partial charge in [0.1, 0.15) is 0 Å². The van der Waals surface area contributed by atoms with Crippen LogP contribution in [0.4, 0.5) is 0 Å². The second kappa shape index (κ2) is 5.71. The summed E-state index contributed by atoms with van der Waals surface area (Å²) in [7, 11) is -0.417. The molecule has 3 saturated heterocycles. The minimum atomic E-state index is -0.417. The molecule has 3 rings (SSSR count). The first-order chi connectivity index (χ1) is 6.95. The van der Waals surface area contributed by atoms with Crippen molar-refractivity contribution in [3.8, 4) is 0 Å². The first-order valence-corrected chi connectivity index (χ1v) is 5.52. The van der Waals surface area contributed by atoms with Gasteiger partial charge in [-0.3, -0.25) is 0 Å². The van der Waals surface area contributed by atoms with Crippen molar-refractivity contribution in [3.63, 3.8) is 0 Å². The lowest BCUT2D eigenvalue weighted by Crippen LogP contribution is -2.37. The predicted octanol–water partition coefficient (Wildman–Crippen LogP) is 0.521. The summed E-state index contributed by atoms with van der Waals surface area (Å²) in [4.78, 5) is 2.47. The molecule has 0 aromatic carbocycles. The average molecular weight is 199 g/mol. The van der Waals surface area contributed by atoms with Crippen LogP contribution in [0.15, 0.2) is 0 Å². The SMILES string of the molecule is C1COB2OCCCN(C1)CCCO2. The molecule has 0 spiro atoms. The maximum Gasteiger partial charge on any atom is 0.639 e. The van der Waals surface area contributed by atoms with Gasteiger partial charge in [0.05, 0.1) is 0 Å². The van der Waals surface area contributed by atoms with E-state index in [0.29, 0.717) is 0 Å². The molecular weight excluding hydrogens is 181 g/mol. The second-order valence-electron chi connectivity index (χ2n) is 3.80. The normalized spacial score (nSPS) is 27.0. The van der Waals surface area contributed by atoms with Gasteiger partial charge in [-0.25, -0.2) is 0 Å². The highest BCUT2D eigenvalue weighted by Gasteiger charge is 2.23. The van der Waals surface area contributed by atoms with Crippen LogP contribution in [0, 0.1) is 0 Å². The van der Waals surface area contributed by atoms with E-state index in [4.69, 9.17) is 14.0 Å². The molecule has 0 aromatic heterocycles. The van der Waals surface area contributed by atoms with E-state index in [1.54, 1.807) is 0 Å². The summed E-state index contributed by atoms with van der Waals surface area (Å²) >= 11 is 0. The van der Waals surface area contributed by atoms with Gasteiger partial charge in [0.25, 0.3) is 0 Å². The average Bonchev–Trinajstić information content (AvgIpc) is 2.25. The summed E-state index contributed by atoms with van der Waals surface area (Å²) < 4.78 is 16.4. The summed E-state index contributed by atoms with van der Waals surface area (Å²) in [5.41, 5.74) is 0. The van der Waals surface area contributed by atoms with E-state index >= 15 is 0 Å². The summed E-state index contributed by atoms with van der Waals surface area (Å²) in [6, 6.07) is 0. The van der Waals surface area contributed by atoms with Gasteiger partial charge < -0.3 is 18.9 Å². The fourth-order valence-corrected chi connectivity index (χ4v) is 1.88. The third kappa shape index (κ3) is 3.24. The Balaban J connectivity index is 1.93. The molecule has 0 unspecified atom stereocenters. The standard InChI is InChI=1S/C9H18BNO3/c1-4-11-5-2-8-13-10(12-7-1)14-9-3-6-11/h1-9H2. The van der Waals surface area contributed by atoms with Crippen molar-refractivity contribution in [2.45, 2.75) is 19.3 Å². The highest BCUT2D eigenvalue weighted by molar-refractivity contribution is 6.36. The molecule has 3 aliphatic heterocycles. The Kier molecular flexibility index (Phi) is 4.25. The van der Waals surface area contributed by atoms with Crippen molar-refractivity contribution in [3.05, 3.63) is 0 Å². The van der Waals surface area contributed by atoms with Gasteiger partial charge >= 0.3 is 7.32 Å². The van der Waals surface area contributed by atoms with Crippen LogP contribution in [-0.2, 0) is 14.0 Å². The fraction of sp³-hybridized carbons (Fsp3) is 1.00. The van der Waals surface area contributed by atoms with Crippen molar-refractivity contribution in [2.24, 2.45) is 0 Å². The van der Waals surface area contributed by atoms with E-state index in [1.165, 1.54) is 0 Å².